The lowest BCUT2D eigenvalue weighted by molar-refractivity contribution is -0.124. The van der Waals surface area contributed by atoms with Crippen LogP contribution in [0, 0.1) is 12.3 Å². The molecule has 0 unspecified atom stereocenters. The van der Waals surface area contributed by atoms with Crippen LogP contribution < -0.4 is 16.4 Å². The van der Waals surface area contributed by atoms with Gasteiger partial charge in [-0.25, -0.2) is 0 Å². The zero-order chi connectivity index (χ0) is 16.0. The van der Waals surface area contributed by atoms with E-state index in [0.29, 0.717) is 25.3 Å². The van der Waals surface area contributed by atoms with Crippen molar-refractivity contribution >= 4 is 11.8 Å². The molecule has 0 saturated heterocycles. The Morgan fingerprint density at radius 2 is 1.90 bits per heavy atom. The Bertz CT molecular complexity index is 489. The maximum Gasteiger partial charge on any atom is 0.287 e. The van der Waals surface area contributed by atoms with Gasteiger partial charge in [0.2, 0.25) is 5.91 Å². The summed E-state index contributed by atoms with van der Waals surface area (Å²) in [5.41, 5.74) is 6.38. The number of hydrogen-bond donors (Lipinski definition) is 3. The quantitative estimate of drug-likeness (QED) is 0.687. The van der Waals surface area contributed by atoms with Crippen LogP contribution in [0.4, 0.5) is 0 Å². The maximum atomic E-state index is 11.8. The van der Waals surface area contributed by atoms with Crippen molar-refractivity contribution in [2.75, 3.05) is 13.1 Å². The van der Waals surface area contributed by atoms with Crippen LogP contribution in [0.1, 0.15) is 43.3 Å². The molecule has 0 bridgehead atoms. The Hall–Kier alpha value is -1.82. The molecule has 0 radical (unpaired) electrons. The van der Waals surface area contributed by atoms with E-state index in [4.69, 9.17) is 10.2 Å². The molecule has 4 N–H and O–H groups in total. The van der Waals surface area contributed by atoms with E-state index >= 15 is 0 Å². The molecule has 6 heteroatoms. The van der Waals surface area contributed by atoms with Crippen LogP contribution in [-0.4, -0.2) is 30.9 Å². The Balaban J connectivity index is 2.22. The first kappa shape index (κ1) is 17.2. The first-order valence-corrected chi connectivity index (χ1v) is 7.09. The van der Waals surface area contributed by atoms with Crippen molar-refractivity contribution in [1.82, 2.24) is 10.6 Å². The third kappa shape index (κ3) is 5.23. The highest BCUT2D eigenvalue weighted by Crippen LogP contribution is 2.17. The van der Waals surface area contributed by atoms with Crippen LogP contribution in [0.25, 0.3) is 0 Å². The number of amides is 2. The van der Waals surface area contributed by atoms with Gasteiger partial charge < -0.3 is 20.8 Å². The monoisotopic (exact) mass is 295 g/mol. The number of nitrogens with one attached hydrogen (secondary N) is 2. The highest BCUT2D eigenvalue weighted by molar-refractivity contribution is 5.92. The van der Waals surface area contributed by atoms with Gasteiger partial charge in [0, 0.05) is 18.7 Å². The Morgan fingerprint density at radius 1 is 1.29 bits per heavy atom. The third-order valence-corrected chi connectivity index (χ3v) is 3.22. The standard InChI is InChI=1S/C15H25N3O3/c1-10-6-9-21-11(10)13(19)17-7-5-8-18-14(20)12(16)15(2,3)4/h6,9,12H,5,7-8,16H2,1-4H3,(H,17,19)(H,18,20)/t12-/m1/s1. The Kier molecular flexibility index (Phi) is 5.96. The Labute approximate surface area is 125 Å². The zero-order valence-electron chi connectivity index (χ0n) is 13.2. The SMILES string of the molecule is Cc1ccoc1C(=O)NCCCNC(=O)[C@@H](N)C(C)(C)C. The van der Waals surface area contributed by atoms with Crippen LogP contribution in [0.2, 0.25) is 0 Å². The van der Waals surface area contributed by atoms with Gasteiger partial charge in [-0.2, -0.15) is 0 Å². The van der Waals surface area contributed by atoms with E-state index in [0.717, 1.165) is 5.56 Å². The predicted octanol–water partition coefficient (Wildman–Crippen LogP) is 1.20. The number of rotatable bonds is 6. The van der Waals surface area contributed by atoms with Crippen LogP contribution in [0.15, 0.2) is 16.7 Å². The molecular weight excluding hydrogens is 270 g/mol. The molecular formula is C15H25N3O3. The average Bonchev–Trinajstić information content (AvgIpc) is 2.82. The molecule has 21 heavy (non-hydrogen) atoms. The van der Waals surface area contributed by atoms with Crippen LogP contribution >= 0.6 is 0 Å². The first-order valence-electron chi connectivity index (χ1n) is 7.09. The molecule has 1 atom stereocenters. The minimum Gasteiger partial charge on any atom is -0.459 e. The summed E-state index contributed by atoms with van der Waals surface area (Å²) >= 11 is 0. The molecule has 1 heterocycles. The molecule has 0 fully saturated rings. The van der Waals surface area contributed by atoms with Gasteiger partial charge >= 0.3 is 0 Å². The fourth-order valence-corrected chi connectivity index (χ4v) is 1.69. The summed E-state index contributed by atoms with van der Waals surface area (Å²) in [6.45, 7) is 8.51. The summed E-state index contributed by atoms with van der Waals surface area (Å²) in [5.74, 6) is -0.0836. The second-order valence-electron chi connectivity index (χ2n) is 6.18. The smallest absolute Gasteiger partial charge is 0.287 e. The van der Waals surface area contributed by atoms with E-state index in [2.05, 4.69) is 10.6 Å². The van der Waals surface area contributed by atoms with Gasteiger partial charge in [-0.3, -0.25) is 9.59 Å². The highest BCUT2D eigenvalue weighted by atomic mass is 16.3. The number of hydrogen-bond acceptors (Lipinski definition) is 4. The van der Waals surface area contributed by atoms with Gasteiger partial charge in [0.05, 0.1) is 12.3 Å². The molecule has 0 spiro atoms. The normalized spacial score (nSPS) is 12.8. The van der Waals surface area contributed by atoms with Crippen molar-refractivity contribution in [2.45, 2.75) is 40.2 Å². The molecule has 0 saturated carbocycles. The third-order valence-electron chi connectivity index (χ3n) is 3.22. The summed E-state index contributed by atoms with van der Waals surface area (Å²) in [5, 5.41) is 5.51. The number of aryl methyl sites for hydroxylation is 1. The Morgan fingerprint density at radius 3 is 2.43 bits per heavy atom. The van der Waals surface area contributed by atoms with Gasteiger partial charge in [0.1, 0.15) is 0 Å². The molecule has 6 nitrogen and oxygen atoms in total. The second-order valence-corrected chi connectivity index (χ2v) is 6.18. The van der Waals surface area contributed by atoms with E-state index in [9.17, 15) is 9.59 Å². The van der Waals surface area contributed by atoms with Crippen LogP contribution in [0.5, 0.6) is 0 Å². The van der Waals surface area contributed by atoms with E-state index < -0.39 is 6.04 Å². The van der Waals surface area contributed by atoms with Crippen LogP contribution in [-0.2, 0) is 4.79 Å². The summed E-state index contributed by atoms with van der Waals surface area (Å²) in [7, 11) is 0. The summed E-state index contributed by atoms with van der Waals surface area (Å²) in [6, 6.07) is 1.20. The summed E-state index contributed by atoms with van der Waals surface area (Å²) < 4.78 is 5.09. The van der Waals surface area contributed by atoms with Crippen molar-refractivity contribution in [2.24, 2.45) is 11.1 Å². The average molecular weight is 295 g/mol. The van der Waals surface area contributed by atoms with Crippen LogP contribution in [0.3, 0.4) is 0 Å². The van der Waals surface area contributed by atoms with Gasteiger partial charge in [0.25, 0.3) is 5.91 Å². The van der Waals surface area contributed by atoms with Crippen molar-refractivity contribution in [3.05, 3.63) is 23.7 Å². The van der Waals surface area contributed by atoms with Crippen molar-refractivity contribution in [3.8, 4) is 0 Å². The molecule has 0 aliphatic carbocycles. The number of carbonyl (C=O) groups is 2. The highest BCUT2D eigenvalue weighted by Gasteiger charge is 2.26. The van der Waals surface area contributed by atoms with E-state index in [1.807, 2.05) is 27.7 Å². The first-order chi connectivity index (χ1) is 9.73. The number of furan rings is 1. The second kappa shape index (κ2) is 7.26. The summed E-state index contributed by atoms with van der Waals surface area (Å²) in [4.78, 5) is 23.5. The number of nitrogens with two attached hydrogens (primary N) is 1. The molecule has 118 valence electrons. The topological polar surface area (TPSA) is 97.4 Å². The minimum atomic E-state index is -0.544. The molecule has 1 rings (SSSR count). The molecule has 0 aliphatic heterocycles. The fourth-order valence-electron chi connectivity index (χ4n) is 1.69. The van der Waals surface area contributed by atoms with E-state index in [1.54, 1.807) is 6.07 Å². The van der Waals surface area contributed by atoms with E-state index in [-0.39, 0.29) is 17.2 Å². The lowest BCUT2D eigenvalue weighted by Crippen LogP contribution is -2.49. The van der Waals surface area contributed by atoms with Gasteiger partial charge in [-0.15, -0.1) is 0 Å². The maximum absolute atomic E-state index is 11.8. The minimum absolute atomic E-state index is 0.171. The lowest BCUT2D eigenvalue weighted by Gasteiger charge is -2.25. The van der Waals surface area contributed by atoms with Gasteiger partial charge in [-0.1, -0.05) is 20.8 Å². The zero-order valence-corrected chi connectivity index (χ0v) is 13.2. The summed E-state index contributed by atoms with van der Waals surface area (Å²) in [6.07, 6.45) is 2.12. The molecule has 0 aromatic carbocycles. The van der Waals surface area contributed by atoms with E-state index in [1.165, 1.54) is 6.26 Å². The van der Waals surface area contributed by atoms with Crippen molar-refractivity contribution in [1.29, 1.82) is 0 Å². The molecule has 2 amide bonds. The van der Waals surface area contributed by atoms with Gasteiger partial charge in [0.15, 0.2) is 5.76 Å². The largest absolute Gasteiger partial charge is 0.459 e. The fraction of sp³-hybridized carbons (Fsp3) is 0.600. The van der Waals surface area contributed by atoms with Gasteiger partial charge in [-0.05, 0) is 24.8 Å². The molecule has 0 aliphatic rings. The van der Waals surface area contributed by atoms with Crippen molar-refractivity contribution in [3.63, 3.8) is 0 Å². The number of carbonyl (C=O) groups excluding carboxylic acids is 2. The predicted molar refractivity (Wildman–Crippen MR) is 80.8 cm³/mol. The lowest BCUT2D eigenvalue weighted by atomic mass is 9.87. The van der Waals surface area contributed by atoms with Crippen molar-refractivity contribution < 1.29 is 14.0 Å². The molecule has 1 aromatic rings. The molecule has 1 aromatic heterocycles.